The molecule has 0 saturated carbocycles. The Morgan fingerprint density at radius 2 is 2.06 bits per heavy atom. The quantitative estimate of drug-likeness (QED) is 0.618. The average molecular weight is 454 g/mol. The molecule has 0 radical (unpaired) electrons. The van der Waals surface area contributed by atoms with E-state index in [0.29, 0.717) is 37.4 Å². The third-order valence-electron chi connectivity index (χ3n) is 6.85. The van der Waals surface area contributed by atoms with Gasteiger partial charge >= 0.3 is 0 Å². The summed E-state index contributed by atoms with van der Waals surface area (Å²) in [6.07, 6.45) is 1.94. The topological polar surface area (TPSA) is 106 Å². The highest BCUT2D eigenvalue weighted by Crippen LogP contribution is 2.35. The van der Waals surface area contributed by atoms with Crippen LogP contribution in [0.4, 0.5) is 10.1 Å². The fourth-order valence-corrected chi connectivity index (χ4v) is 5.14. The number of aliphatic hydroxyl groups excluding tert-OH is 1. The first kappa shape index (κ1) is 21.8. The second-order valence-electron chi connectivity index (χ2n) is 9.63. The van der Waals surface area contributed by atoms with Crippen LogP contribution in [-0.2, 0) is 19.5 Å². The fourth-order valence-electron chi connectivity index (χ4n) is 5.14. The molecule has 3 atom stereocenters. The lowest BCUT2D eigenvalue weighted by Gasteiger charge is -2.38. The number of hydrogen-bond acceptors (Lipinski definition) is 7. The van der Waals surface area contributed by atoms with E-state index in [-0.39, 0.29) is 24.4 Å². The predicted octanol–water partition coefficient (Wildman–Crippen LogP) is 1.61. The summed E-state index contributed by atoms with van der Waals surface area (Å²) in [4.78, 5) is 4.29. The molecule has 2 N–H and O–H groups in total. The van der Waals surface area contributed by atoms with Gasteiger partial charge in [-0.05, 0) is 39.3 Å². The fraction of sp³-hybridized carbons (Fsp3) is 0.522. The first-order chi connectivity index (χ1) is 15.7. The predicted molar refractivity (Wildman–Crippen MR) is 119 cm³/mol. The lowest BCUT2D eigenvalue weighted by molar-refractivity contribution is -0.0372. The van der Waals surface area contributed by atoms with Crippen molar-refractivity contribution >= 4 is 11.2 Å². The summed E-state index contributed by atoms with van der Waals surface area (Å²) in [5.41, 5.74) is 3.47. The Morgan fingerprint density at radius 1 is 1.27 bits per heavy atom. The maximum Gasteiger partial charge on any atom is 0.171 e. The van der Waals surface area contributed by atoms with Crippen LogP contribution in [0.15, 0.2) is 18.3 Å². The molecule has 0 spiro atoms. The number of rotatable bonds is 4. The van der Waals surface area contributed by atoms with Gasteiger partial charge in [-0.15, -0.1) is 0 Å². The van der Waals surface area contributed by atoms with Crippen molar-refractivity contribution in [2.45, 2.75) is 58.0 Å². The molecule has 3 aromatic heterocycles. The highest BCUT2D eigenvalue weighted by Gasteiger charge is 2.36. The Balaban J connectivity index is 1.50. The summed E-state index contributed by atoms with van der Waals surface area (Å²) < 4.78 is 18.1. The van der Waals surface area contributed by atoms with E-state index in [4.69, 9.17) is 5.10 Å². The minimum Gasteiger partial charge on any atom is -0.393 e. The lowest BCUT2D eigenvalue weighted by atomic mass is 9.95. The molecular formula is C23H28FN7O2. The van der Waals surface area contributed by atoms with Crippen LogP contribution in [0, 0.1) is 17.1 Å². The molecule has 174 valence electrons. The average Bonchev–Trinajstić information content (AvgIpc) is 3.34. The largest absolute Gasteiger partial charge is 0.393 e. The number of halogens is 1. The summed E-state index contributed by atoms with van der Waals surface area (Å²) >= 11 is 0. The Bertz CT molecular complexity index is 1260. The van der Waals surface area contributed by atoms with Crippen molar-refractivity contribution in [3.05, 3.63) is 46.8 Å². The minimum atomic E-state index is -1.16. The number of nitriles is 1. The van der Waals surface area contributed by atoms with Crippen molar-refractivity contribution < 1.29 is 14.6 Å². The zero-order valence-corrected chi connectivity index (χ0v) is 19.0. The van der Waals surface area contributed by atoms with Crippen LogP contribution >= 0.6 is 0 Å². The van der Waals surface area contributed by atoms with E-state index in [0.717, 1.165) is 24.0 Å². The van der Waals surface area contributed by atoms with E-state index in [9.17, 15) is 19.9 Å². The Kier molecular flexibility index (Phi) is 5.16. The third-order valence-corrected chi connectivity index (χ3v) is 6.85. The van der Waals surface area contributed by atoms with Gasteiger partial charge in [0.25, 0.3) is 0 Å². The molecule has 10 heteroatoms. The number of β-amino-alcohol motifs (C(OH)–C–C–N with tert-alkyl or cyclic N) is 1. The Morgan fingerprint density at radius 3 is 2.79 bits per heavy atom. The number of fused-ring (bicyclic) bond motifs is 4. The van der Waals surface area contributed by atoms with Gasteiger partial charge in [-0.3, -0.25) is 9.58 Å². The monoisotopic (exact) mass is 453 g/mol. The second kappa shape index (κ2) is 7.80. The minimum absolute atomic E-state index is 0.0744. The van der Waals surface area contributed by atoms with Crippen molar-refractivity contribution in [2.24, 2.45) is 0 Å². The summed E-state index contributed by atoms with van der Waals surface area (Å²) in [6.45, 7) is 7.78. The first-order valence-electron chi connectivity index (χ1n) is 11.2. The van der Waals surface area contributed by atoms with Crippen LogP contribution in [0.25, 0.3) is 5.52 Å². The number of nitrogens with zero attached hydrogens (tertiary/aromatic N) is 7. The SMILES string of the molecule is C[C@@H]1CN(c2ccc(C#N)n3ncc(F)c23)Cc2c3c(nn21)CN(C[C@@](C)(O)CO)[C@@H](C)C3. The smallest absolute Gasteiger partial charge is 0.171 e. The van der Waals surface area contributed by atoms with Crippen molar-refractivity contribution in [3.8, 4) is 6.07 Å². The van der Waals surface area contributed by atoms with Crippen molar-refractivity contribution in [1.82, 2.24) is 24.3 Å². The van der Waals surface area contributed by atoms with E-state index < -0.39 is 11.4 Å². The number of pyridine rings is 1. The molecule has 0 aromatic carbocycles. The van der Waals surface area contributed by atoms with Crippen LogP contribution in [0.2, 0.25) is 0 Å². The maximum atomic E-state index is 14.7. The third kappa shape index (κ3) is 3.57. The van der Waals surface area contributed by atoms with Crippen molar-refractivity contribution in [1.29, 1.82) is 5.26 Å². The van der Waals surface area contributed by atoms with E-state index in [1.807, 2.05) is 0 Å². The lowest BCUT2D eigenvalue weighted by Crippen LogP contribution is -2.49. The molecule has 5 rings (SSSR count). The first-order valence-corrected chi connectivity index (χ1v) is 11.2. The molecule has 0 aliphatic carbocycles. The van der Waals surface area contributed by atoms with E-state index >= 15 is 0 Å². The summed E-state index contributed by atoms with van der Waals surface area (Å²) in [7, 11) is 0. The molecule has 0 amide bonds. The van der Waals surface area contributed by atoms with Crippen molar-refractivity contribution in [2.75, 3.05) is 24.6 Å². The second-order valence-corrected chi connectivity index (χ2v) is 9.63. The summed E-state index contributed by atoms with van der Waals surface area (Å²) in [5.74, 6) is -0.448. The van der Waals surface area contributed by atoms with Gasteiger partial charge in [-0.25, -0.2) is 8.91 Å². The molecule has 0 unspecified atom stereocenters. The molecule has 33 heavy (non-hydrogen) atoms. The van der Waals surface area contributed by atoms with Crippen LogP contribution in [0.5, 0.6) is 0 Å². The molecule has 0 fully saturated rings. The molecule has 9 nitrogen and oxygen atoms in total. The molecule has 2 aliphatic rings. The molecule has 0 saturated heterocycles. The summed E-state index contributed by atoms with van der Waals surface area (Å²) in [6, 6.07) is 5.80. The van der Waals surface area contributed by atoms with Gasteiger partial charge in [-0.1, -0.05) is 0 Å². The maximum absolute atomic E-state index is 14.7. The molecule has 0 bridgehead atoms. The van der Waals surface area contributed by atoms with Gasteiger partial charge in [0.1, 0.15) is 17.3 Å². The number of aromatic nitrogens is 4. The highest BCUT2D eigenvalue weighted by molar-refractivity contribution is 5.75. The zero-order valence-electron chi connectivity index (χ0n) is 19.0. The Hall–Kier alpha value is -3.00. The van der Waals surface area contributed by atoms with Gasteiger partial charge in [0.15, 0.2) is 5.82 Å². The molecular weight excluding hydrogens is 425 g/mol. The number of hydrogen-bond donors (Lipinski definition) is 2. The van der Waals surface area contributed by atoms with Gasteiger partial charge in [0.2, 0.25) is 0 Å². The van der Waals surface area contributed by atoms with Gasteiger partial charge in [0, 0.05) is 31.2 Å². The van der Waals surface area contributed by atoms with Crippen LogP contribution in [-0.4, -0.2) is 65.8 Å². The summed E-state index contributed by atoms with van der Waals surface area (Å²) in [5, 5.41) is 38.1. The highest BCUT2D eigenvalue weighted by atomic mass is 19.1. The van der Waals surface area contributed by atoms with Crippen LogP contribution < -0.4 is 4.90 Å². The van der Waals surface area contributed by atoms with E-state index in [1.54, 1.807) is 19.1 Å². The van der Waals surface area contributed by atoms with E-state index in [1.165, 1.54) is 10.1 Å². The molecule has 2 aliphatic heterocycles. The van der Waals surface area contributed by atoms with Gasteiger partial charge in [0.05, 0.1) is 48.1 Å². The van der Waals surface area contributed by atoms with E-state index in [2.05, 4.69) is 39.5 Å². The van der Waals surface area contributed by atoms with Gasteiger partial charge in [-0.2, -0.15) is 15.5 Å². The van der Waals surface area contributed by atoms with Crippen LogP contribution in [0.1, 0.15) is 49.5 Å². The number of aliphatic hydroxyl groups is 2. The molecule has 3 aromatic rings. The number of anilines is 1. The van der Waals surface area contributed by atoms with Crippen molar-refractivity contribution in [3.63, 3.8) is 0 Å². The Labute approximate surface area is 191 Å². The van der Waals surface area contributed by atoms with Crippen LogP contribution in [0.3, 0.4) is 0 Å². The van der Waals surface area contributed by atoms with Gasteiger partial charge < -0.3 is 15.1 Å². The molecule has 5 heterocycles. The standard InChI is InChI=1S/C23H28FN7O2/c1-14-6-17-19(10-29(14)12-23(3,33)13-32)27-30-15(2)9-28(11-21(17)30)20-5-4-16(7-25)31-22(20)18(24)8-26-31/h4-5,8,14-15,32-33H,6,9-13H2,1-3H3/t14-,15+,23+/m0/s1. The normalized spacial score (nSPS) is 22.6. The zero-order chi connectivity index (χ0) is 23.5.